The van der Waals surface area contributed by atoms with Crippen molar-refractivity contribution < 1.29 is 39.5 Å². The Hall–Kier alpha value is -1.20. The second-order valence-electron chi connectivity index (χ2n) is 11.8. The Kier molecular flexibility index (Phi) is 11.7. The van der Waals surface area contributed by atoms with Crippen LogP contribution in [0.5, 0.6) is 0 Å². The van der Waals surface area contributed by atoms with Gasteiger partial charge in [0.2, 0.25) is 11.6 Å². The average molecular weight is 685 g/mol. The third-order valence-electron chi connectivity index (χ3n) is 8.40. The molecule has 43 heavy (non-hydrogen) atoms. The number of carbonyl (C=O) groups excluding carboxylic acids is 1. The highest BCUT2D eigenvalue weighted by Gasteiger charge is 2.47. The number of thioether (sulfide) groups is 2. The van der Waals surface area contributed by atoms with E-state index in [9.17, 15) is 35.0 Å². The molecule has 2 aliphatic carbocycles. The van der Waals surface area contributed by atoms with Crippen molar-refractivity contribution in [2.45, 2.75) is 99.6 Å². The summed E-state index contributed by atoms with van der Waals surface area (Å²) in [5.41, 5.74) is 0.953. The van der Waals surface area contributed by atoms with Crippen molar-refractivity contribution in [3.63, 3.8) is 0 Å². The lowest BCUT2D eigenvalue weighted by atomic mass is 9.92. The number of hydrogen-bond donors (Lipinski definition) is 1. The van der Waals surface area contributed by atoms with Crippen LogP contribution in [-0.2, 0) is 25.1 Å². The van der Waals surface area contributed by atoms with Crippen LogP contribution in [-0.4, -0.2) is 114 Å². The Bertz CT molecular complexity index is 1350. The molecule has 2 aliphatic heterocycles. The quantitative estimate of drug-likeness (QED) is 0.187. The van der Waals surface area contributed by atoms with Crippen LogP contribution in [0.4, 0.5) is 8.78 Å². The molecule has 2 saturated carbocycles. The third-order valence-corrected chi connectivity index (χ3v) is 13.5. The van der Waals surface area contributed by atoms with E-state index in [1.165, 1.54) is 14.1 Å². The number of fused-ring (bicyclic) bond motifs is 2. The monoisotopic (exact) mass is 684 g/mol. The summed E-state index contributed by atoms with van der Waals surface area (Å²) in [6, 6.07) is -0.253. The number of allylic oxidation sites excluding steroid dienone is 2. The van der Waals surface area contributed by atoms with E-state index in [0.29, 0.717) is 45.1 Å². The number of unbranched alkanes of at least 4 members (excludes halogenated alkanes) is 1. The largest absolute Gasteiger partial charge is 0.748 e. The molecule has 0 aromatic heterocycles. The Balaban J connectivity index is 1.62. The number of carbonyl (C=O) groups is 1. The SMILES string of the molecule is CCC(=C/C1=[N+](CC(=O)NS(=O)(=O)N(C)C)C2CC(F)CCC2S1)/C=C1\SC2CCC(F)CC2N1CCCCS(=O)(=O)[O-]. The highest BCUT2D eigenvalue weighted by Crippen LogP contribution is 2.47. The maximum Gasteiger partial charge on any atom is 0.303 e. The number of hydrogen-bond acceptors (Lipinski definition) is 9. The van der Waals surface area contributed by atoms with Gasteiger partial charge in [0.15, 0.2) is 6.04 Å². The molecule has 0 aromatic rings. The number of halogens is 2. The summed E-state index contributed by atoms with van der Waals surface area (Å²) >= 11 is 3.28. The van der Waals surface area contributed by atoms with Gasteiger partial charge >= 0.3 is 10.2 Å². The van der Waals surface area contributed by atoms with Crippen molar-refractivity contribution in [2.24, 2.45) is 0 Å². The van der Waals surface area contributed by atoms with Crippen LogP contribution < -0.4 is 4.72 Å². The lowest BCUT2D eigenvalue weighted by molar-refractivity contribution is -0.552. The molecule has 0 spiro atoms. The van der Waals surface area contributed by atoms with E-state index in [-0.39, 0.29) is 42.0 Å². The minimum Gasteiger partial charge on any atom is -0.748 e. The summed E-state index contributed by atoms with van der Waals surface area (Å²) in [6.45, 7) is 2.29. The van der Waals surface area contributed by atoms with Crippen molar-refractivity contribution in [3.05, 3.63) is 22.8 Å². The number of nitrogens with one attached hydrogen (secondary N) is 1. The second-order valence-corrected chi connectivity index (χ2v) is 17.7. The average Bonchev–Trinajstić information content (AvgIpc) is 3.41. The van der Waals surface area contributed by atoms with E-state index in [1.807, 2.05) is 17.6 Å². The van der Waals surface area contributed by atoms with Gasteiger partial charge in [0.05, 0.1) is 20.4 Å². The highest BCUT2D eigenvalue weighted by atomic mass is 32.2. The molecular weight excluding hydrogens is 643 g/mol. The molecule has 4 rings (SSSR count). The predicted molar refractivity (Wildman–Crippen MR) is 166 cm³/mol. The molecule has 6 unspecified atom stereocenters. The molecule has 10 nitrogen and oxygen atoms in total. The van der Waals surface area contributed by atoms with Crippen LogP contribution in [0.15, 0.2) is 22.8 Å². The Morgan fingerprint density at radius 2 is 1.74 bits per heavy atom. The minimum absolute atomic E-state index is 0.0151. The zero-order valence-corrected chi connectivity index (χ0v) is 28.1. The summed E-state index contributed by atoms with van der Waals surface area (Å²) < 4.78 is 91.5. The minimum atomic E-state index is -4.30. The fourth-order valence-corrected chi connectivity index (χ4v) is 10.3. The van der Waals surface area contributed by atoms with E-state index >= 15 is 0 Å². The molecule has 1 amide bonds. The fraction of sp³-hybridized carbons (Fsp3) is 0.778. The first-order valence-corrected chi connectivity index (χ1v) is 19.5. The van der Waals surface area contributed by atoms with Gasteiger partial charge in [-0.1, -0.05) is 6.92 Å². The van der Waals surface area contributed by atoms with E-state index in [4.69, 9.17) is 0 Å². The predicted octanol–water partition coefficient (Wildman–Crippen LogP) is 3.14. The van der Waals surface area contributed by atoms with Gasteiger partial charge in [-0.05, 0) is 74.8 Å². The van der Waals surface area contributed by atoms with Gasteiger partial charge in [0, 0.05) is 50.2 Å². The van der Waals surface area contributed by atoms with Crippen molar-refractivity contribution in [3.8, 4) is 0 Å². The molecule has 6 atom stereocenters. The molecule has 0 radical (unpaired) electrons. The lowest BCUT2D eigenvalue weighted by Crippen LogP contribution is -2.46. The summed E-state index contributed by atoms with van der Waals surface area (Å²) in [5.74, 6) is -1.12. The normalized spacial score (nSPS) is 31.1. The fourth-order valence-electron chi connectivity index (χ4n) is 6.09. The van der Waals surface area contributed by atoms with Crippen LogP contribution in [0.25, 0.3) is 0 Å². The molecule has 1 saturated heterocycles. The van der Waals surface area contributed by atoms with Gasteiger partial charge in [-0.2, -0.15) is 12.7 Å². The maximum absolute atomic E-state index is 14.5. The Labute approximate surface area is 262 Å². The molecule has 0 aromatic carbocycles. The lowest BCUT2D eigenvalue weighted by Gasteiger charge is -2.33. The molecular formula is C27H42F2N4O6S4. The number of nitrogens with zero attached hydrogens (tertiary/aromatic N) is 3. The van der Waals surface area contributed by atoms with E-state index in [0.717, 1.165) is 26.4 Å². The first-order chi connectivity index (χ1) is 20.2. The van der Waals surface area contributed by atoms with Gasteiger partial charge in [-0.25, -0.2) is 26.5 Å². The Morgan fingerprint density at radius 3 is 2.40 bits per heavy atom. The van der Waals surface area contributed by atoms with Crippen LogP contribution in [0.1, 0.15) is 64.7 Å². The molecule has 16 heteroatoms. The molecule has 4 aliphatic rings. The van der Waals surface area contributed by atoms with Crippen molar-refractivity contribution >= 4 is 54.8 Å². The first-order valence-electron chi connectivity index (χ1n) is 14.8. The molecule has 3 fully saturated rings. The van der Waals surface area contributed by atoms with Crippen LogP contribution in [0, 0.1) is 0 Å². The summed E-state index contributed by atoms with van der Waals surface area (Å²) in [5, 5.41) is 2.05. The molecule has 0 bridgehead atoms. The second kappa shape index (κ2) is 14.5. The smallest absolute Gasteiger partial charge is 0.303 e. The van der Waals surface area contributed by atoms with Gasteiger partial charge in [-0.3, -0.25) is 4.79 Å². The number of rotatable bonds is 12. The Morgan fingerprint density at radius 1 is 1.07 bits per heavy atom. The summed E-state index contributed by atoms with van der Waals surface area (Å²) in [7, 11) is -5.62. The van der Waals surface area contributed by atoms with E-state index in [1.54, 1.807) is 23.5 Å². The zero-order valence-electron chi connectivity index (χ0n) is 24.8. The topological polar surface area (TPSA) is 130 Å². The van der Waals surface area contributed by atoms with Gasteiger partial charge < -0.3 is 9.45 Å². The van der Waals surface area contributed by atoms with Crippen LogP contribution in [0.3, 0.4) is 0 Å². The van der Waals surface area contributed by atoms with E-state index in [2.05, 4.69) is 15.7 Å². The first kappa shape index (κ1) is 34.7. The van der Waals surface area contributed by atoms with Crippen molar-refractivity contribution in [2.75, 3.05) is 32.9 Å². The zero-order chi connectivity index (χ0) is 31.5. The van der Waals surface area contributed by atoms with Crippen molar-refractivity contribution in [1.29, 1.82) is 0 Å². The van der Waals surface area contributed by atoms with Gasteiger partial charge in [-0.15, -0.1) is 11.8 Å². The summed E-state index contributed by atoms with van der Waals surface area (Å²) in [6.07, 6.45) is 6.55. The summed E-state index contributed by atoms with van der Waals surface area (Å²) in [4.78, 5) is 15.0. The van der Waals surface area contributed by atoms with Gasteiger partial charge in [0.25, 0.3) is 5.91 Å². The number of alkyl halides is 2. The molecule has 244 valence electrons. The highest BCUT2D eigenvalue weighted by molar-refractivity contribution is 8.14. The molecule has 2 heterocycles. The molecule has 1 N–H and O–H groups in total. The maximum atomic E-state index is 14.5. The van der Waals surface area contributed by atoms with Crippen LogP contribution >= 0.6 is 23.5 Å². The van der Waals surface area contributed by atoms with E-state index < -0.39 is 44.3 Å². The van der Waals surface area contributed by atoms with Crippen LogP contribution in [0.2, 0.25) is 0 Å². The van der Waals surface area contributed by atoms with Gasteiger partial charge in [0.1, 0.15) is 12.3 Å². The van der Waals surface area contributed by atoms with Crippen molar-refractivity contribution in [1.82, 2.24) is 13.9 Å². The number of amides is 1. The standard InChI is InChI=1S/C27H42F2N4O6S4/c1-4-18(13-26-32(11-5-6-12-42(35,36)37)21-15-19(28)7-9-23(21)40-26)14-27-33(17-25(34)30-43(38,39)31(2)3)22-16-20(29)8-10-24(22)41-27/h13-14,19-24H,4-12,15-17H2,1-3H3,(H-,30,34,35,36,37). The third kappa shape index (κ3) is 9.18.